The third kappa shape index (κ3) is 5.12. The number of aromatic carboxylic acids is 1. The molecular weight excluding hydrogens is 306 g/mol. The molecular formula is C19H21NO4. The molecule has 2 N–H and O–H groups in total. The van der Waals surface area contributed by atoms with Gasteiger partial charge in [-0.1, -0.05) is 36.4 Å². The van der Waals surface area contributed by atoms with Crippen LogP contribution in [0.4, 0.5) is 0 Å². The fraction of sp³-hybridized carbons (Fsp3) is 0.263. The molecule has 0 aliphatic rings. The van der Waals surface area contributed by atoms with Gasteiger partial charge in [-0.2, -0.15) is 0 Å². The van der Waals surface area contributed by atoms with Crippen molar-refractivity contribution in [3.05, 3.63) is 65.2 Å². The minimum Gasteiger partial charge on any atom is -0.496 e. The number of benzene rings is 2. The molecule has 0 unspecified atom stereocenters. The second kappa shape index (κ2) is 8.72. The van der Waals surface area contributed by atoms with E-state index in [0.29, 0.717) is 31.6 Å². The van der Waals surface area contributed by atoms with Crippen molar-refractivity contribution in [2.75, 3.05) is 13.7 Å². The summed E-state index contributed by atoms with van der Waals surface area (Å²) >= 11 is 0. The van der Waals surface area contributed by atoms with Crippen LogP contribution in [-0.2, 0) is 17.6 Å². The zero-order chi connectivity index (χ0) is 17.4. The number of aryl methyl sites for hydroxylation is 1. The van der Waals surface area contributed by atoms with Crippen molar-refractivity contribution in [3.63, 3.8) is 0 Å². The fourth-order valence-electron chi connectivity index (χ4n) is 2.41. The first kappa shape index (κ1) is 17.5. The second-order valence-electron chi connectivity index (χ2n) is 5.42. The van der Waals surface area contributed by atoms with Crippen molar-refractivity contribution in [2.24, 2.45) is 0 Å². The highest BCUT2D eigenvalue weighted by Crippen LogP contribution is 2.20. The maximum absolute atomic E-state index is 11.9. The van der Waals surface area contributed by atoms with Crippen molar-refractivity contribution >= 4 is 11.9 Å². The average molecular weight is 327 g/mol. The first-order valence-corrected chi connectivity index (χ1v) is 7.81. The van der Waals surface area contributed by atoms with Crippen LogP contribution in [0.3, 0.4) is 0 Å². The average Bonchev–Trinajstić information content (AvgIpc) is 2.61. The Balaban J connectivity index is 1.81. The Morgan fingerprint density at radius 3 is 2.50 bits per heavy atom. The number of rotatable bonds is 8. The molecule has 2 aromatic carbocycles. The molecule has 0 radical (unpaired) electrons. The normalized spacial score (nSPS) is 10.2. The van der Waals surface area contributed by atoms with Crippen LogP contribution >= 0.6 is 0 Å². The van der Waals surface area contributed by atoms with Crippen LogP contribution in [0, 0.1) is 0 Å². The van der Waals surface area contributed by atoms with E-state index in [4.69, 9.17) is 9.84 Å². The standard InChI is InChI=1S/C19H21NO4/c1-24-17-13-16(19(22)23)9-8-15(17)11-12-20-18(21)10-7-14-5-3-2-4-6-14/h2-6,8-9,13H,7,10-12H2,1H3,(H,20,21)(H,22,23). The minimum absolute atomic E-state index is 0.0000222. The third-order valence-corrected chi connectivity index (χ3v) is 3.73. The number of carboxylic acids is 1. The van der Waals surface area contributed by atoms with Crippen molar-refractivity contribution < 1.29 is 19.4 Å². The van der Waals surface area contributed by atoms with Crippen LogP contribution < -0.4 is 10.1 Å². The van der Waals surface area contributed by atoms with Crippen molar-refractivity contribution in [1.82, 2.24) is 5.32 Å². The SMILES string of the molecule is COc1cc(C(=O)O)ccc1CCNC(=O)CCc1ccccc1. The second-order valence-corrected chi connectivity index (χ2v) is 5.42. The van der Waals surface area contributed by atoms with E-state index in [1.165, 1.54) is 19.2 Å². The van der Waals surface area contributed by atoms with Crippen molar-refractivity contribution in [3.8, 4) is 5.75 Å². The van der Waals surface area contributed by atoms with Gasteiger partial charge in [0.15, 0.2) is 0 Å². The number of amides is 1. The van der Waals surface area contributed by atoms with Crippen LogP contribution in [0.5, 0.6) is 5.75 Å². The van der Waals surface area contributed by atoms with Gasteiger partial charge >= 0.3 is 5.97 Å². The summed E-state index contributed by atoms with van der Waals surface area (Å²) in [5.74, 6) is -0.470. The molecule has 0 heterocycles. The number of nitrogens with one attached hydrogen (secondary N) is 1. The zero-order valence-electron chi connectivity index (χ0n) is 13.6. The third-order valence-electron chi connectivity index (χ3n) is 3.73. The summed E-state index contributed by atoms with van der Waals surface area (Å²) in [6, 6.07) is 14.6. The van der Waals surface area contributed by atoms with E-state index in [0.717, 1.165) is 11.1 Å². The Morgan fingerprint density at radius 1 is 1.08 bits per heavy atom. The summed E-state index contributed by atoms with van der Waals surface area (Å²) in [5, 5.41) is 11.9. The first-order chi connectivity index (χ1) is 11.6. The van der Waals surface area contributed by atoms with Gasteiger partial charge in [0, 0.05) is 13.0 Å². The highest BCUT2D eigenvalue weighted by molar-refractivity contribution is 5.88. The van der Waals surface area contributed by atoms with Gasteiger partial charge in [-0.25, -0.2) is 4.79 Å². The number of carboxylic acid groups (broad SMARTS) is 1. The van der Waals surface area contributed by atoms with Gasteiger partial charge in [0.25, 0.3) is 0 Å². The van der Waals surface area contributed by atoms with E-state index in [9.17, 15) is 9.59 Å². The van der Waals surface area contributed by atoms with Gasteiger partial charge in [-0.3, -0.25) is 4.79 Å². The molecule has 0 fully saturated rings. The molecule has 24 heavy (non-hydrogen) atoms. The summed E-state index contributed by atoms with van der Waals surface area (Å²) in [5.41, 5.74) is 2.19. The summed E-state index contributed by atoms with van der Waals surface area (Å²) < 4.78 is 5.22. The lowest BCUT2D eigenvalue weighted by Gasteiger charge is -2.10. The lowest BCUT2D eigenvalue weighted by molar-refractivity contribution is -0.121. The molecule has 1 amide bonds. The molecule has 2 aromatic rings. The molecule has 5 heteroatoms. The predicted molar refractivity (Wildman–Crippen MR) is 91.4 cm³/mol. The first-order valence-electron chi connectivity index (χ1n) is 7.81. The van der Waals surface area contributed by atoms with Crippen molar-refractivity contribution in [2.45, 2.75) is 19.3 Å². The predicted octanol–water partition coefficient (Wildman–Crippen LogP) is 2.68. The lowest BCUT2D eigenvalue weighted by Crippen LogP contribution is -2.26. The van der Waals surface area contributed by atoms with Crippen LogP contribution in [0.2, 0.25) is 0 Å². The van der Waals surface area contributed by atoms with E-state index >= 15 is 0 Å². The summed E-state index contributed by atoms with van der Waals surface area (Å²) in [6.45, 7) is 0.483. The fourth-order valence-corrected chi connectivity index (χ4v) is 2.41. The molecule has 0 aliphatic heterocycles. The van der Waals surface area contributed by atoms with E-state index in [2.05, 4.69) is 5.32 Å². The van der Waals surface area contributed by atoms with Gasteiger partial charge in [0.2, 0.25) is 5.91 Å². The monoisotopic (exact) mass is 327 g/mol. The molecule has 2 rings (SSSR count). The molecule has 0 aromatic heterocycles. The number of ether oxygens (including phenoxy) is 1. The van der Waals surface area contributed by atoms with Crippen LogP contribution in [-0.4, -0.2) is 30.6 Å². The molecule has 0 saturated heterocycles. The Labute approximate surface area is 141 Å². The van der Waals surface area contributed by atoms with Crippen LogP contribution in [0.25, 0.3) is 0 Å². The summed E-state index contributed by atoms with van der Waals surface area (Å²) in [7, 11) is 1.50. The van der Waals surface area contributed by atoms with Crippen molar-refractivity contribution in [1.29, 1.82) is 0 Å². The Bertz CT molecular complexity index is 698. The molecule has 0 saturated carbocycles. The summed E-state index contributed by atoms with van der Waals surface area (Å²) in [4.78, 5) is 22.8. The smallest absolute Gasteiger partial charge is 0.335 e. The van der Waals surface area contributed by atoms with Gasteiger partial charge in [0.05, 0.1) is 12.7 Å². The number of hydrogen-bond acceptors (Lipinski definition) is 3. The van der Waals surface area contributed by atoms with E-state index in [-0.39, 0.29) is 11.5 Å². The number of hydrogen-bond donors (Lipinski definition) is 2. The number of methoxy groups -OCH3 is 1. The number of carbonyl (C=O) groups excluding carboxylic acids is 1. The topological polar surface area (TPSA) is 75.6 Å². The summed E-state index contributed by atoms with van der Waals surface area (Å²) in [6.07, 6.45) is 1.74. The van der Waals surface area contributed by atoms with E-state index in [1.54, 1.807) is 6.07 Å². The highest BCUT2D eigenvalue weighted by atomic mass is 16.5. The van der Waals surface area contributed by atoms with Gasteiger partial charge < -0.3 is 15.2 Å². The quantitative estimate of drug-likeness (QED) is 0.781. The molecule has 0 aliphatic carbocycles. The van der Waals surface area contributed by atoms with E-state index < -0.39 is 5.97 Å². The molecule has 126 valence electrons. The van der Waals surface area contributed by atoms with Crippen LogP contribution in [0.15, 0.2) is 48.5 Å². The lowest BCUT2D eigenvalue weighted by atomic mass is 10.1. The molecule has 0 atom stereocenters. The minimum atomic E-state index is -0.992. The maximum atomic E-state index is 11.9. The van der Waals surface area contributed by atoms with Gasteiger partial charge in [0.1, 0.15) is 5.75 Å². The molecule has 5 nitrogen and oxygen atoms in total. The maximum Gasteiger partial charge on any atom is 0.335 e. The number of carbonyl (C=O) groups is 2. The Morgan fingerprint density at radius 2 is 1.83 bits per heavy atom. The molecule has 0 bridgehead atoms. The highest BCUT2D eigenvalue weighted by Gasteiger charge is 2.09. The Kier molecular flexibility index (Phi) is 6.37. The van der Waals surface area contributed by atoms with Gasteiger partial charge in [-0.15, -0.1) is 0 Å². The van der Waals surface area contributed by atoms with E-state index in [1.807, 2.05) is 30.3 Å². The largest absolute Gasteiger partial charge is 0.496 e. The Hall–Kier alpha value is -2.82. The zero-order valence-corrected chi connectivity index (χ0v) is 13.6. The van der Waals surface area contributed by atoms with Gasteiger partial charge in [-0.05, 0) is 36.1 Å². The molecule has 0 spiro atoms. The van der Waals surface area contributed by atoms with Crippen LogP contribution in [0.1, 0.15) is 27.9 Å².